The lowest BCUT2D eigenvalue weighted by atomic mass is 10.2. The number of nitrogens with zero attached hydrogens (tertiary/aromatic N) is 4. The molecule has 4 rings (SSSR count). The number of ether oxygens (including phenoxy) is 1. The maximum Gasteiger partial charge on any atom is 0.230 e. The van der Waals surface area contributed by atoms with Gasteiger partial charge in [-0.05, 0) is 30.7 Å². The Labute approximate surface area is 158 Å². The third kappa shape index (κ3) is 3.98. The van der Waals surface area contributed by atoms with E-state index in [0.29, 0.717) is 25.2 Å². The predicted molar refractivity (Wildman–Crippen MR) is 107 cm³/mol. The molecule has 0 spiro atoms. The smallest absolute Gasteiger partial charge is 0.230 e. The van der Waals surface area contributed by atoms with Crippen LogP contribution in [0.1, 0.15) is 11.3 Å². The molecule has 1 aromatic heterocycles. The number of aliphatic imine (C=N–C) groups is 1. The maximum atomic E-state index is 5.28. The second-order valence-electron chi connectivity index (χ2n) is 6.44. The Bertz CT molecular complexity index is 973. The van der Waals surface area contributed by atoms with Crippen LogP contribution >= 0.6 is 0 Å². The van der Waals surface area contributed by atoms with Gasteiger partial charge in [-0.15, -0.1) is 0 Å². The number of aromatic nitrogens is 2. The van der Waals surface area contributed by atoms with Crippen molar-refractivity contribution in [1.29, 1.82) is 0 Å². The Morgan fingerprint density at radius 2 is 2.00 bits per heavy atom. The van der Waals surface area contributed by atoms with Crippen LogP contribution in [-0.2, 0) is 6.54 Å². The number of hydrogen-bond acceptors (Lipinski definition) is 7. The molecule has 0 unspecified atom stereocenters. The van der Waals surface area contributed by atoms with Crippen LogP contribution in [0.4, 0.5) is 5.95 Å². The van der Waals surface area contributed by atoms with E-state index >= 15 is 0 Å². The van der Waals surface area contributed by atoms with Gasteiger partial charge in [0.05, 0.1) is 31.7 Å². The highest BCUT2D eigenvalue weighted by Gasteiger charge is 2.14. The molecule has 7 heteroatoms. The summed E-state index contributed by atoms with van der Waals surface area (Å²) in [6.45, 7) is 4.16. The number of fused-ring (bicyclic) bond motifs is 1. The molecular formula is C20H22N6O. The lowest BCUT2D eigenvalue weighted by Crippen LogP contribution is -2.45. The van der Waals surface area contributed by atoms with Crippen LogP contribution in [-0.4, -0.2) is 41.3 Å². The Balaban J connectivity index is 1.45. The van der Waals surface area contributed by atoms with E-state index in [0.717, 1.165) is 28.9 Å². The standard InChI is InChI=1S/C20H22N6O/c1-14-17-10-16(27-2)8-9-18(17)24-20(23-14)25-19-21-12-26(13-22-19)11-15-6-4-3-5-7-15/h3-10H,11-13H2,1-2H3,(H2,21,22,23,24,25). The van der Waals surface area contributed by atoms with Crippen molar-refractivity contribution in [2.75, 3.05) is 25.8 Å². The average molecular weight is 362 g/mol. The van der Waals surface area contributed by atoms with Crippen molar-refractivity contribution in [3.05, 3.63) is 59.8 Å². The third-order valence-electron chi connectivity index (χ3n) is 4.47. The number of rotatable bonds is 4. The van der Waals surface area contributed by atoms with Gasteiger partial charge in [-0.25, -0.2) is 15.0 Å². The Kier molecular flexibility index (Phi) is 4.84. The zero-order chi connectivity index (χ0) is 18.6. The Hall–Kier alpha value is -3.19. The molecule has 0 amide bonds. The minimum Gasteiger partial charge on any atom is -0.497 e. The topological polar surface area (TPSA) is 74.7 Å². The summed E-state index contributed by atoms with van der Waals surface area (Å²) in [7, 11) is 1.65. The molecule has 0 radical (unpaired) electrons. The van der Waals surface area contributed by atoms with Crippen molar-refractivity contribution in [3.8, 4) is 5.75 Å². The normalized spacial score (nSPS) is 14.5. The molecule has 0 atom stereocenters. The molecule has 0 saturated carbocycles. The lowest BCUT2D eigenvalue weighted by Gasteiger charge is -2.26. The second kappa shape index (κ2) is 7.59. The van der Waals surface area contributed by atoms with E-state index in [2.05, 4.69) is 54.8 Å². The van der Waals surface area contributed by atoms with Gasteiger partial charge in [-0.3, -0.25) is 10.2 Å². The van der Waals surface area contributed by atoms with E-state index in [1.54, 1.807) is 7.11 Å². The van der Waals surface area contributed by atoms with E-state index in [1.807, 2.05) is 31.2 Å². The van der Waals surface area contributed by atoms with E-state index < -0.39 is 0 Å². The Morgan fingerprint density at radius 1 is 1.15 bits per heavy atom. The van der Waals surface area contributed by atoms with Gasteiger partial charge in [0.1, 0.15) is 5.75 Å². The fourth-order valence-electron chi connectivity index (χ4n) is 3.04. The van der Waals surface area contributed by atoms with E-state index in [1.165, 1.54) is 5.56 Å². The summed E-state index contributed by atoms with van der Waals surface area (Å²) in [5.74, 6) is 2.02. The van der Waals surface area contributed by atoms with Crippen LogP contribution in [0.3, 0.4) is 0 Å². The summed E-state index contributed by atoms with van der Waals surface area (Å²) in [6.07, 6.45) is 0. The fraction of sp³-hybridized carbons (Fsp3) is 0.250. The predicted octanol–water partition coefficient (Wildman–Crippen LogP) is 2.74. The van der Waals surface area contributed by atoms with Crippen LogP contribution in [0.15, 0.2) is 53.5 Å². The molecular weight excluding hydrogens is 340 g/mol. The van der Waals surface area contributed by atoms with Crippen molar-refractivity contribution in [1.82, 2.24) is 20.2 Å². The van der Waals surface area contributed by atoms with Gasteiger partial charge in [-0.1, -0.05) is 30.3 Å². The summed E-state index contributed by atoms with van der Waals surface area (Å²) in [4.78, 5) is 15.9. The third-order valence-corrected chi connectivity index (χ3v) is 4.47. The SMILES string of the molecule is COc1ccc2nc(NC3=NCN(Cc4ccccc4)CN3)nc(C)c2c1. The number of guanidine groups is 1. The molecule has 7 nitrogen and oxygen atoms in total. The minimum absolute atomic E-state index is 0.535. The number of benzene rings is 2. The molecule has 27 heavy (non-hydrogen) atoms. The van der Waals surface area contributed by atoms with Crippen molar-refractivity contribution >= 4 is 22.8 Å². The van der Waals surface area contributed by atoms with Crippen molar-refractivity contribution in [3.63, 3.8) is 0 Å². The first-order valence-electron chi connectivity index (χ1n) is 8.85. The highest BCUT2D eigenvalue weighted by molar-refractivity contribution is 5.93. The molecule has 2 heterocycles. The van der Waals surface area contributed by atoms with Crippen molar-refractivity contribution in [2.45, 2.75) is 13.5 Å². The summed E-state index contributed by atoms with van der Waals surface area (Å²) < 4.78 is 5.28. The average Bonchev–Trinajstić information content (AvgIpc) is 2.70. The molecule has 0 fully saturated rings. The largest absolute Gasteiger partial charge is 0.497 e. The summed E-state index contributed by atoms with van der Waals surface area (Å²) in [6, 6.07) is 16.2. The van der Waals surface area contributed by atoms with Gasteiger partial charge < -0.3 is 10.1 Å². The van der Waals surface area contributed by atoms with Crippen LogP contribution in [0.5, 0.6) is 5.75 Å². The van der Waals surface area contributed by atoms with Crippen molar-refractivity contribution in [2.24, 2.45) is 4.99 Å². The fourth-order valence-corrected chi connectivity index (χ4v) is 3.04. The molecule has 2 aromatic carbocycles. The number of methoxy groups -OCH3 is 1. The van der Waals surface area contributed by atoms with Gasteiger partial charge in [-0.2, -0.15) is 0 Å². The van der Waals surface area contributed by atoms with E-state index in [9.17, 15) is 0 Å². The molecule has 0 saturated heterocycles. The molecule has 138 valence electrons. The van der Waals surface area contributed by atoms with Gasteiger partial charge in [0.25, 0.3) is 0 Å². The van der Waals surface area contributed by atoms with Crippen LogP contribution < -0.4 is 15.4 Å². The lowest BCUT2D eigenvalue weighted by molar-refractivity contribution is 0.256. The molecule has 0 bridgehead atoms. The van der Waals surface area contributed by atoms with Gasteiger partial charge >= 0.3 is 0 Å². The summed E-state index contributed by atoms with van der Waals surface area (Å²) in [5, 5.41) is 7.45. The van der Waals surface area contributed by atoms with Crippen LogP contribution in [0.2, 0.25) is 0 Å². The summed E-state index contributed by atoms with van der Waals surface area (Å²) >= 11 is 0. The van der Waals surface area contributed by atoms with Gasteiger partial charge in [0.2, 0.25) is 11.9 Å². The number of anilines is 1. The zero-order valence-corrected chi connectivity index (χ0v) is 15.4. The number of hydrogen-bond donors (Lipinski definition) is 2. The van der Waals surface area contributed by atoms with Gasteiger partial charge in [0, 0.05) is 11.9 Å². The first-order valence-corrected chi connectivity index (χ1v) is 8.85. The second-order valence-corrected chi connectivity index (χ2v) is 6.44. The number of aryl methyl sites for hydroxylation is 1. The first kappa shape index (κ1) is 17.2. The minimum atomic E-state index is 0.535. The van der Waals surface area contributed by atoms with Crippen LogP contribution in [0, 0.1) is 6.92 Å². The van der Waals surface area contributed by atoms with Crippen molar-refractivity contribution < 1.29 is 4.74 Å². The molecule has 1 aliphatic heterocycles. The first-order chi connectivity index (χ1) is 13.2. The highest BCUT2D eigenvalue weighted by Crippen LogP contribution is 2.22. The highest BCUT2D eigenvalue weighted by atomic mass is 16.5. The molecule has 3 aromatic rings. The monoisotopic (exact) mass is 362 g/mol. The zero-order valence-electron chi connectivity index (χ0n) is 15.4. The Morgan fingerprint density at radius 3 is 2.74 bits per heavy atom. The number of nitrogens with one attached hydrogen (secondary N) is 2. The van der Waals surface area contributed by atoms with E-state index in [-0.39, 0.29) is 0 Å². The molecule has 1 aliphatic rings. The maximum absolute atomic E-state index is 5.28. The van der Waals surface area contributed by atoms with Crippen LogP contribution in [0.25, 0.3) is 10.9 Å². The molecule has 2 N–H and O–H groups in total. The van der Waals surface area contributed by atoms with E-state index in [4.69, 9.17) is 4.74 Å². The quantitative estimate of drug-likeness (QED) is 0.743. The molecule has 0 aliphatic carbocycles. The van der Waals surface area contributed by atoms with Gasteiger partial charge in [0.15, 0.2) is 0 Å². The summed E-state index contributed by atoms with van der Waals surface area (Å²) in [5.41, 5.74) is 3.03.